The molecule has 0 radical (unpaired) electrons. The van der Waals surface area contributed by atoms with Crippen molar-refractivity contribution in [2.75, 3.05) is 12.4 Å². The second kappa shape index (κ2) is 9.77. The average molecular weight is 515 g/mol. The van der Waals surface area contributed by atoms with E-state index in [4.69, 9.17) is 9.84 Å². The Morgan fingerprint density at radius 2 is 1.92 bits per heavy atom. The van der Waals surface area contributed by atoms with Crippen LogP contribution in [0.15, 0.2) is 48.7 Å². The molecule has 4 N–H and O–H groups in total. The number of benzene rings is 2. The third-order valence-corrected chi connectivity index (χ3v) is 7.45. The van der Waals surface area contributed by atoms with Gasteiger partial charge in [-0.25, -0.2) is 4.68 Å². The lowest BCUT2D eigenvalue weighted by atomic mass is 10.0. The number of aromatic nitrogens is 4. The van der Waals surface area contributed by atoms with Crippen LogP contribution in [-0.4, -0.2) is 48.1 Å². The van der Waals surface area contributed by atoms with Gasteiger partial charge in [0.05, 0.1) is 43.5 Å². The molecular weight excluding hydrogens is 484 g/mol. The molecule has 10 nitrogen and oxygen atoms in total. The molecular formula is C28H30N6O4. The number of anilines is 2. The molecule has 1 aliphatic carbocycles. The summed E-state index contributed by atoms with van der Waals surface area (Å²) in [4.78, 5) is 15.2. The first-order chi connectivity index (χ1) is 18.5. The smallest absolute Gasteiger partial charge is 0.260 e. The van der Waals surface area contributed by atoms with Crippen molar-refractivity contribution in [1.82, 2.24) is 24.9 Å². The number of H-pyrrole nitrogens is 1. The molecule has 10 heteroatoms. The van der Waals surface area contributed by atoms with Gasteiger partial charge in [0.15, 0.2) is 0 Å². The Labute approximate surface area is 219 Å². The molecule has 3 heterocycles. The Hall–Kier alpha value is -4.47. The van der Waals surface area contributed by atoms with E-state index in [1.54, 1.807) is 18.2 Å². The molecule has 2 aromatic carbocycles. The highest BCUT2D eigenvalue weighted by molar-refractivity contribution is 6.03. The third-order valence-electron chi connectivity index (χ3n) is 7.45. The summed E-state index contributed by atoms with van der Waals surface area (Å²) in [5.41, 5.74) is 4.28. The van der Waals surface area contributed by atoms with E-state index in [2.05, 4.69) is 15.5 Å². The number of nitrogens with zero attached hydrogens (tertiary/aromatic N) is 4. The predicted octanol–water partition coefficient (Wildman–Crippen LogP) is 4.63. The van der Waals surface area contributed by atoms with E-state index in [0.29, 0.717) is 37.1 Å². The van der Waals surface area contributed by atoms with Crippen molar-refractivity contribution in [3.8, 4) is 17.2 Å². The van der Waals surface area contributed by atoms with Gasteiger partial charge in [0.1, 0.15) is 28.6 Å². The number of ether oxygens (including phenoxy) is 1. The van der Waals surface area contributed by atoms with E-state index in [9.17, 15) is 15.0 Å². The van der Waals surface area contributed by atoms with Crippen molar-refractivity contribution in [2.24, 2.45) is 0 Å². The lowest BCUT2D eigenvalue weighted by molar-refractivity contribution is 0.0747. The zero-order valence-electron chi connectivity index (χ0n) is 21.1. The Bertz CT molecular complexity index is 1450. The summed E-state index contributed by atoms with van der Waals surface area (Å²) < 4.78 is 7.16. The van der Waals surface area contributed by atoms with Gasteiger partial charge in [0.25, 0.3) is 5.91 Å². The Balaban J connectivity index is 1.34. The van der Waals surface area contributed by atoms with Crippen LogP contribution in [0.1, 0.15) is 64.5 Å². The van der Waals surface area contributed by atoms with Crippen LogP contribution in [0.4, 0.5) is 11.5 Å². The number of hydrogen-bond acceptors (Lipinski definition) is 7. The number of rotatable bonds is 7. The van der Waals surface area contributed by atoms with Gasteiger partial charge in [-0.05, 0) is 30.5 Å². The van der Waals surface area contributed by atoms with E-state index >= 15 is 0 Å². The molecule has 38 heavy (non-hydrogen) atoms. The Morgan fingerprint density at radius 1 is 1.13 bits per heavy atom. The van der Waals surface area contributed by atoms with E-state index in [-0.39, 0.29) is 23.0 Å². The molecule has 0 bridgehead atoms. The van der Waals surface area contributed by atoms with Crippen molar-refractivity contribution in [3.05, 3.63) is 76.7 Å². The van der Waals surface area contributed by atoms with Crippen LogP contribution in [0, 0.1) is 0 Å². The summed E-state index contributed by atoms with van der Waals surface area (Å²) >= 11 is 0. The summed E-state index contributed by atoms with van der Waals surface area (Å²) in [6.45, 7) is 1.27. The monoisotopic (exact) mass is 514 g/mol. The highest BCUT2D eigenvalue weighted by Crippen LogP contribution is 2.38. The number of amides is 1. The van der Waals surface area contributed by atoms with Gasteiger partial charge >= 0.3 is 0 Å². The fourth-order valence-corrected chi connectivity index (χ4v) is 5.42. The molecule has 196 valence electrons. The standard InChI is InChI=1S/C28H30N6O4/c1-38-21-8-6-17(7-9-21)14-34-26(12-22(32-34)18-4-2-3-5-18)30-23-10-20(35)11-25(36)27(23)28(37)33-15-19-13-29-31-24(19)16-33/h6-13,18,30,35-36H,2-5,14-16H2,1H3,(H,29,31). The molecule has 1 fully saturated rings. The maximum absolute atomic E-state index is 13.6. The van der Waals surface area contributed by atoms with Gasteiger partial charge in [-0.1, -0.05) is 25.0 Å². The van der Waals surface area contributed by atoms with Crippen LogP contribution in [-0.2, 0) is 19.6 Å². The summed E-state index contributed by atoms with van der Waals surface area (Å²) in [5, 5.41) is 36.3. The normalized spacial score (nSPS) is 15.1. The average Bonchev–Trinajstić information content (AvgIpc) is 3.69. The molecule has 4 aromatic rings. The molecule has 0 atom stereocenters. The summed E-state index contributed by atoms with van der Waals surface area (Å²) in [7, 11) is 1.64. The van der Waals surface area contributed by atoms with Crippen LogP contribution in [0.25, 0.3) is 0 Å². The number of aromatic amines is 1. The minimum Gasteiger partial charge on any atom is -0.508 e. The fourth-order valence-electron chi connectivity index (χ4n) is 5.42. The molecule has 0 unspecified atom stereocenters. The van der Waals surface area contributed by atoms with Crippen LogP contribution < -0.4 is 10.1 Å². The maximum Gasteiger partial charge on any atom is 0.260 e. The van der Waals surface area contributed by atoms with E-state index in [1.165, 1.54) is 25.0 Å². The summed E-state index contributed by atoms with van der Waals surface area (Å²) in [6, 6.07) is 12.5. The molecule has 6 rings (SSSR count). The minimum absolute atomic E-state index is 0.0977. The molecule has 0 spiro atoms. The largest absolute Gasteiger partial charge is 0.508 e. The van der Waals surface area contributed by atoms with Gasteiger partial charge in [-0.15, -0.1) is 0 Å². The fraction of sp³-hybridized carbons (Fsp3) is 0.321. The Kier molecular flexibility index (Phi) is 6.15. The number of phenolic OH excluding ortho intramolecular Hbond substituents is 2. The number of aromatic hydroxyl groups is 2. The zero-order valence-corrected chi connectivity index (χ0v) is 21.1. The van der Waals surface area contributed by atoms with Gasteiger partial charge in [-0.2, -0.15) is 10.2 Å². The van der Waals surface area contributed by atoms with Crippen LogP contribution in [0.5, 0.6) is 17.2 Å². The van der Waals surface area contributed by atoms with Crippen molar-refractivity contribution in [2.45, 2.75) is 51.2 Å². The van der Waals surface area contributed by atoms with Crippen molar-refractivity contribution in [3.63, 3.8) is 0 Å². The molecule has 2 aliphatic rings. The van der Waals surface area contributed by atoms with Crippen molar-refractivity contribution in [1.29, 1.82) is 0 Å². The van der Waals surface area contributed by atoms with Gasteiger partial charge in [0.2, 0.25) is 0 Å². The summed E-state index contributed by atoms with van der Waals surface area (Å²) in [5.74, 6) is 1.07. The van der Waals surface area contributed by atoms with Gasteiger partial charge in [0, 0.05) is 36.2 Å². The lowest BCUT2D eigenvalue weighted by Gasteiger charge is -2.20. The molecule has 2 aromatic heterocycles. The van der Waals surface area contributed by atoms with Crippen LogP contribution in [0.2, 0.25) is 0 Å². The molecule has 1 saturated carbocycles. The van der Waals surface area contributed by atoms with E-state index in [0.717, 1.165) is 41.1 Å². The summed E-state index contributed by atoms with van der Waals surface area (Å²) in [6.07, 6.45) is 6.27. The first-order valence-electron chi connectivity index (χ1n) is 12.8. The predicted molar refractivity (Wildman–Crippen MR) is 141 cm³/mol. The SMILES string of the molecule is COc1ccc(Cn2nc(C3CCCC3)cc2Nc2cc(O)cc(O)c2C(=O)N2Cc3cn[nH]c3C2)cc1. The quantitative estimate of drug-likeness (QED) is 0.283. The highest BCUT2D eigenvalue weighted by atomic mass is 16.5. The number of carbonyl (C=O) groups excluding carboxylic acids is 1. The van der Waals surface area contributed by atoms with Crippen molar-refractivity contribution >= 4 is 17.4 Å². The topological polar surface area (TPSA) is 129 Å². The number of methoxy groups -OCH3 is 1. The third kappa shape index (κ3) is 4.53. The lowest BCUT2D eigenvalue weighted by Crippen LogP contribution is -2.26. The van der Waals surface area contributed by atoms with Crippen LogP contribution in [0.3, 0.4) is 0 Å². The highest BCUT2D eigenvalue weighted by Gasteiger charge is 2.30. The second-order valence-electron chi connectivity index (χ2n) is 9.99. The maximum atomic E-state index is 13.6. The van der Waals surface area contributed by atoms with E-state index in [1.807, 2.05) is 35.0 Å². The minimum atomic E-state index is -0.341. The van der Waals surface area contributed by atoms with Gasteiger partial charge < -0.3 is 25.2 Å². The number of carbonyl (C=O) groups is 1. The zero-order chi connectivity index (χ0) is 26.2. The van der Waals surface area contributed by atoms with Gasteiger partial charge in [-0.3, -0.25) is 9.89 Å². The number of hydrogen-bond donors (Lipinski definition) is 4. The van der Waals surface area contributed by atoms with Crippen LogP contribution >= 0.6 is 0 Å². The second-order valence-corrected chi connectivity index (χ2v) is 9.99. The molecule has 1 aliphatic heterocycles. The molecule has 1 amide bonds. The Morgan fingerprint density at radius 3 is 2.66 bits per heavy atom. The molecule has 0 saturated heterocycles. The first kappa shape index (κ1) is 23.9. The number of nitrogens with one attached hydrogen (secondary N) is 2. The van der Waals surface area contributed by atoms with E-state index < -0.39 is 0 Å². The number of fused-ring (bicyclic) bond motifs is 1. The van der Waals surface area contributed by atoms with Crippen molar-refractivity contribution < 1.29 is 19.7 Å². The first-order valence-corrected chi connectivity index (χ1v) is 12.8. The number of phenols is 2.